The molecule has 0 fully saturated rings. The first-order valence-electron chi connectivity index (χ1n) is 7.25. The van der Waals surface area contributed by atoms with Crippen LogP contribution in [0.5, 0.6) is 11.5 Å². The van der Waals surface area contributed by atoms with E-state index in [0.717, 1.165) is 0 Å². The van der Waals surface area contributed by atoms with E-state index in [1.54, 1.807) is 55.6 Å². The second kappa shape index (κ2) is 6.83. The molecule has 0 unspecified atom stereocenters. The van der Waals surface area contributed by atoms with Crippen molar-refractivity contribution in [1.29, 1.82) is 0 Å². The number of hydrogen-bond acceptors (Lipinski definition) is 6. The molecule has 3 aromatic rings. The van der Waals surface area contributed by atoms with E-state index in [2.05, 4.69) is 15.4 Å². The van der Waals surface area contributed by atoms with Gasteiger partial charge in [0, 0.05) is 5.56 Å². The molecule has 8 heteroatoms. The van der Waals surface area contributed by atoms with E-state index in [0.29, 0.717) is 22.6 Å². The molecular weight excluding hydrogens is 324 g/mol. The Morgan fingerprint density at radius 1 is 1.04 bits per heavy atom. The Balaban J connectivity index is 1.82. The maximum absolute atomic E-state index is 12.2. The summed E-state index contributed by atoms with van der Waals surface area (Å²) < 4.78 is 10.4. The summed E-state index contributed by atoms with van der Waals surface area (Å²) in [5.74, 6) is -0.278. The quantitative estimate of drug-likeness (QED) is 0.540. The smallest absolute Gasteiger partial charge is 0.343 e. The fourth-order valence-corrected chi connectivity index (χ4v) is 2.20. The average Bonchev–Trinajstić information content (AvgIpc) is 3.12. The lowest BCUT2D eigenvalue weighted by atomic mass is 10.1. The minimum atomic E-state index is -0.704. The maximum Gasteiger partial charge on any atom is 0.343 e. The van der Waals surface area contributed by atoms with Crippen molar-refractivity contribution in [1.82, 2.24) is 15.4 Å². The minimum absolute atomic E-state index is 0.0126. The van der Waals surface area contributed by atoms with Gasteiger partial charge in [0.1, 0.15) is 17.2 Å². The highest BCUT2D eigenvalue weighted by Gasteiger charge is 2.16. The Bertz CT molecular complexity index is 918. The first kappa shape index (κ1) is 16.2. The average molecular weight is 338 g/mol. The van der Waals surface area contributed by atoms with Crippen LogP contribution in [0.4, 0.5) is 0 Å². The van der Waals surface area contributed by atoms with Crippen molar-refractivity contribution in [3.8, 4) is 22.8 Å². The molecule has 2 aromatic carbocycles. The number of ether oxygens (including phenoxy) is 2. The number of rotatable bonds is 5. The van der Waals surface area contributed by atoms with Crippen LogP contribution in [0.1, 0.15) is 20.8 Å². The molecule has 0 atom stereocenters. The molecule has 126 valence electrons. The van der Waals surface area contributed by atoms with E-state index < -0.39 is 11.9 Å². The highest BCUT2D eigenvalue weighted by Crippen LogP contribution is 2.24. The number of nitrogens with one attached hydrogen (secondary N) is 1. The van der Waals surface area contributed by atoms with Crippen LogP contribution in [-0.4, -0.2) is 34.4 Å². The third-order valence-electron chi connectivity index (χ3n) is 3.43. The zero-order chi connectivity index (χ0) is 17.8. The molecule has 0 aliphatic carbocycles. The molecule has 1 amide bonds. The van der Waals surface area contributed by atoms with Crippen LogP contribution >= 0.6 is 0 Å². The standard InChI is InChI=1S/C17H14N4O4/c1-24-12-7-5-10(6-8-12)17(23)25-13-4-2-3-11(9-13)14-15(16(18)22)20-21-19-14/h2-9H,1H3,(H2,18,22)(H,19,20,21). The predicted octanol–water partition coefficient (Wildman–Crippen LogP) is 1.80. The summed E-state index contributed by atoms with van der Waals surface area (Å²) in [6.07, 6.45) is 0. The van der Waals surface area contributed by atoms with Gasteiger partial charge in [-0.1, -0.05) is 12.1 Å². The summed E-state index contributed by atoms with van der Waals surface area (Å²) in [6, 6.07) is 13.1. The number of carbonyl (C=O) groups is 2. The van der Waals surface area contributed by atoms with Gasteiger partial charge in [0.05, 0.1) is 12.7 Å². The van der Waals surface area contributed by atoms with Gasteiger partial charge in [-0.3, -0.25) is 4.79 Å². The molecule has 3 rings (SSSR count). The van der Waals surface area contributed by atoms with Crippen LogP contribution in [0, 0.1) is 0 Å². The van der Waals surface area contributed by atoms with Crippen molar-refractivity contribution in [3.63, 3.8) is 0 Å². The number of esters is 1. The predicted molar refractivity (Wildman–Crippen MR) is 88.3 cm³/mol. The maximum atomic E-state index is 12.2. The first-order valence-corrected chi connectivity index (χ1v) is 7.25. The topological polar surface area (TPSA) is 120 Å². The zero-order valence-corrected chi connectivity index (χ0v) is 13.2. The lowest BCUT2D eigenvalue weighted by Crippen LogP contribution is -2.12. The van der Waals surface area contributed by atoms with Gasteiger partial charge >= 0.3 is 5.97 Å². The number of benzene rings is 2. The number of hydrogen-bond donors (Lipinski definition) is 2. The third-order valence-corrected chi connectivity index (χ3v) is 3.43. The van der Waals surface area contributed by atoms with Crippen molar-refractivity contribution in [2.45, 2.75) is 0 Å². The van der Waals surface area contributed by atoms with Crippen LogP contribution in [0.25, 0.3) is 11.3 Å². The van der Waals surface area contributed by atoms with Crippen LogP contribution in [0.15, 0.2) is 48.5 Å². The van der Waals surface area contributed by atoms with Gasteiger partial charge in [0.15, 0.2) is 5.69 Å². The number of aromatic nitrogens is 3. The fourth-order valence-electron chi connectivity index (χ4n) is 2.20. The van der Waals surface area contributed by atoms with Crippen LogP contribution in [0.2, 0.25) is 0 Å². The number of primary amides is 1. The number of carbonyl (C=O) groups excluding carboxylic acids is 2. The van der Waals surface area contributed by atoms with Gasteiger partial charge in [-0.05, 0) is 36.4 Å². The van der Waals surface area contributed by atoms with Crippen molar-refractivity contribution in [2.75, 3.05) is 7.11 Å². The molecule has 0 saturated heterocycles. The Kier molecular flexibility index (Phi) is 4.42. The van der Waals surface area contributed by atoms with E-state index in [-0.39, 0.29) is 11.4 Å². The Morgan fingerprint density at radius 2 is 1.80 bits per heavy atom. The van der Waals surface area contributed by atoms with Crippen molar-refractivity contribution < 1.29 is 19.1 Å². The lowest BCUT2D eigenvalue weighted by Gasteiger charge is -2.06. The van der Waals surface area contributed by atoms with E-state index in [9.17, 15) is 9.59 Å². The molecule has 0 spiro atoms. The molecule has 0 aliphatic rings. The van der Waals surface area contributed by atoms with Gasteiger partial charge in [-0.15, -0.1) is 0 Å². The number of aromatic amines is 1. The molecule has 8 nitrogen and oxygen atoms in total. The number of H-pyrrole nitrogens is 1. The summed E-state index contributed by atoms with van der Waals surface area (Å²) in [4.78, 5) is 23.6. The van der Waals surface area contributed by atoms with E-state index in [4.69, 9.17) is 15.2 Å². The van der Waals surface area contributed by atoms with Gasteiger partial charge in [0.2, 0.25) is 0 Å². The number of methoxy groups -OCH3 is 1. The van der Waals surface area contributed by atoms with Gasteiger partial charge in [0.25, 0.3) is 5.91 Å². The third kappa shape index (κ3) is 3.47. The van der Waals surface area contributed by atoms with E-state index in [1.165, 1.54) is 0 Å². The Hall–Kier alpha value is -3.68. The molecule has 0 radical (unpaired) electrons. The van der Waals surface area contributed by atoms with E-state index >= 15 is 0 Å². The summed E-state index contributed by atoms with van der Waals surface area (Å²) in [5.41, 5.74) is 6.48. The molecule has 1 heterocycles. The molecule has 0 bridgehead atoms. The summed E-state index contributed by atoms with van der Waals surface area (Å²) in [6.45, 7) is 0. The number of nitrogens with zero attached hydrogens (tertiary/aromatic N) is 2. The first-order chi connectivity index (χ1) is 12.1. The monoisotopic (exact) mass is 338 g/mol. The summed E-state index contributed by atoms with van der Waals surface area (Å²) in [7, 11) is 1.54. The number of nitrogens with two attached hydrogens (primary N) is 1. The molecule has 1 aromatic heterocycles. The Labute approximate surface area is 142 Å². The molecule has 3 N–H and O–H groups in total. The van der Waals surface area contributed by atoms with Crippen LogP contribution in [-0.2, 0) is 0 Å². The Morgan fingerprint density at radius 3 is 2.48 bits per heavy atom. The largest absolute Gasteiger partial charge is 0.497 e. The van der Waals surface area contributed by atoms with Crippen molar-refractivity contribution in [2.24, 2.45) is 5.73 Å². The SMILES string of the molecule is COc1ccc(C(=O)Oc2cccc(-c3n[nH]nc3C(N)=O)c2)cc1. The second-order valence-electron chi connectivity index (χ2n) is 5.03. The summed E-state index contributed by atoms with van der Waals surface area (Å²) in [5, 5.41) is 9.98. The fraction of sp³-hybridized carbons (Fsp3) is 0.0588. The molecule has 25 heavy (non-hydrogen) atoms. The number of amides is 1. The van der Waals surface area contributed by atoms with Gasteiger partial charge < -0.3 is 15.2 Å². The second-order valence-corrected chi connectivity index (χ2v) is 5.03. The van der Waals surface area contributed by atoms with Gasteiger partial charge in [-0.25, -0.2) is 4.79 Å². The summed E-state index contributed by atoms with van der Waals surface area (Å²) >= 11 is 0. The molecular formula is C17H14N4O4. The molecule has 0 aliphatic heterocycles. The van der Waals surface area contributed by atoms with Crippen molar-refractivity contribution >= 4 is 11.9 Å². The van der Waals surface area contributed by atoms with E-state index in [1.807, 2.05) is 0 Å². The normalized spacial score (nSPS) is 10.3. The minimum Gasteiger partial charge on any atom is -0.497 e. The van der Waals surface area contributed by atoms with Crippen molar-refractivity contribution in [3.05, 3.63) is 59.8 Å². The van der Waals surface area contributed by atoms with Crippen LogP contribution < -0.4 is 15.2 Å². The lowest BCUT2D eigenvalue weighted by molar-refractivity contribution is 0.0734. The van der Waals surface area contributed by atoms with Gasteiger partial charge in [-0.2, -0.15) is 15.4 Å². The highest BCUT2D eigenvalue weighted by molar-refractivity contribution is 5.97. The zero-order valence-electron chi connectivity index (χ0n) is 13.2. The highest BCUT2D eigenvalue weighted by atomic mass is 16.5. The molecule has 0 saturated carbocycles. The van der Waals surface area contributed by atoms with Crippen LogP contribution in [0.3, 0.4) is 0 Å².